The number of fused-ring (bicyclic) bond motifs is 1. The fourth-order valence-electron chi connectivity index (χ4n) is 3.16. The second-order valence-corrected chi connectivity index (χ2v) is 6.70. The normalized spacial score (nSPS) is 14.2. The quantitative estimate of drug-likeness (QED) is 0.891. The molecule has 1 aromatic carbocycles. The van der Waals surface area contributed by atoms with Crippen LogP contribution < -0.4 is 15.0 Å². The maximum absolute atomic E-state index is 13.0. The summed E-state index contributed by atoms with van der Waals surface area (Å²) in [5, 5.41) is 7.00. The molecule has 1 aliphatic heterocycles. The molecule has 2 aromatic rings. The highest BCUT2D eigenvalue weighted by atomic mass is 16.5. The van der Waals surface area contributed by atoms with Gasteiger partial charge in [0.1, 0.15) is 17.1 Å². The fourth-order valence-corrected chi connectivity index (χ4v) is 3.16. The van der Waals surface area contributed by atoms with Gasteiger partial charge in [-0.15, -0.1) is 0 Å². The third kappa shape index (κ3) is 3.48. The minimum Gasteiger partial charge on any atom is -0.497 e. The van der Waals surface area contributed by atoms with Crippen LogP contribution in [-0.2, 0) is 6.42 Å². The van der Waals surface area contributed by atoms with Crippen molar-refractivity contribution in [2.75, 3.05) is 23.9 Å². The van der Waals surface area contributed by atoms with Gasteiger partial charge < -0.3 is 14.6 Å². The summed E-state index contributed by atoms with van der Waals surface area (Å²) in [5.74, 6) is 1.60. The third-order valence-corrected chi connectivity index (χ3v) is 4.55. The Hall–Kier alpha value is -2.50. The van der Waals surface area contributed by atoms with Gasteiger partial charge in [-0.25, -0.2) is 4.79 Å². The number of ether oxygens (including phenoxy) is 1. The molecule has 1 aliphatic rings. The molecule has 0 aliphatic carbocycles. The van der Waals surface area contributed by atoms with Crippen molar-refractivity contribution in [3.63, 3.8) is 0 Å². The van der Waals surface area contributed by atoms with Gasteiger partial charge in [0, 0.05) is 18.5 Å². The molecular weight excluding hydrogens is 318 g/mol. The molecular formula is C19H25N3O3. The molecule has 2 heterocycles. The minimum absolute atomic E-state index is 0.146. The van der Waals surface area contributed by atoms with Crippen molar-refractivity contribution < 1.29 is 14.1 Å². The average Bonchev–Trinajstić information content (AvgIpc) is 2.83. The number of carbonyl (C=O) groups is 1. The maximum Gasteiger partial charge on any atom is 0.326 e. The smallest absolute Gasteiger partial charge is 0.326 e. The Labute approximate surface area is 148 Å². The monoisotopic (exact) mass is 343 g/mol. The molecule has 0 bridgehead atoms. The lowest BCUT2D eigenvalue weighted by molar-refractivity contribution is 0.256. The molecule has 134 valence electrons. The first-order chi connectivity index (χ1) is 12.0. The van der Waals surface area contributed by atoms with E-state index in [1.54, 1.807) is 12.0 Å². The Kier molecular flexibility index (Phi) is 4.97. The van der Waals surface area contributed by atoms with Crippen LogP contribution in [0.2, 0.25) is 0 Å². The number of amides is 2. The number of aryl methyl sites for hydroxylation is 2. The van der Waals surface area contributed by atoms with Gasteiger partial charge in [-0.1, -0.05) is 25.1 Å². The molecule has 1 N–H and O–H groups in total. The Bertz CT molecular complexity index is 767. The highest BCUT2D eigenvalue weighted by molar-refractivity contribution is 6.03. The SMILES string of the molecule is COc1ccc2c(c1)N(C(=O)Nc1c(C)noc1C(C)C)CCCC2. The van der Waals surface area contributed by atoms with Crippen LogP contribution in [0.25, 0.3) is 0 Å². The molecule has 3 rings (SSSR count). The van der Waals surface area contributed by atoms with Gasteiger partial charge in [-0.05, 0) is 37.8 Å². The van der Waals surface area contributed by atoms with Gasteiger partial charge in [-0.3, -0.25) is 4.90 Å². The van der Waals surface area contributed by atoms with Crippen LogP contribution in [0.15, 0.2) is 22.7 Å². The topological polar surface area (TPSA) is 67.6 Å². The van der Waals surface area contributed by atoms with E-state index in [0.29, 0.717) is 23.7 Å². The van der Waals surface area contributed by atoms with Crippen molar-refractivity contribution in [3.05, 3.63) is 35.2 Å². The summed E-state index contributed by atoms with van der Waals surface area (Å²) in [6, 6.07) is 5.76. The zero-order valence-corrected chi connectivity index (χ0v) is 15.3. The number of anilines is 2. The molecule has 0 spiro atoms. The molecule has 1 aromatic heterocycles. The largest absolute Gasteiger partial charge is 0.497 e. The van der Waals surface area contributed by atoms with E-state index in [2.05, 4.69) is 10.5 Å². The standard InChI is InChI=1S/C19H25N3O3/c1-12(2)18-17(13(3)21-25-18)20-19(23)22-10-6-5-7-14-8-9-15(24-4)11-16(14)22/h8-9,11-12H,5-7,10H2,1-4H3,(H,20,23). The zero-order valence-electron chi connectivity index (χ0n) is 15.3. The van der Waals surface area contributed by atoms with Crippen molar-refractivity contribution in [2.24, 2.45) is 0 Å². The third-order valence-electron chi connectivity index (χ3n) is 4.55. The van der Waals surface area contributed by atoms with Crippen LogP contribution >= 0.6 is 0 Å². The second kappa shape index (κ2) is 7.17. The number of methoxy groups -OCH3 is 1. The van der Waals surface area contributed by atoms with E-state index in [1.807, 2.05) is 39.0 Å². The Morgan fingerprint density at radius 3 is 2.88 bits per heavy atom. The molecule has 25 heavy (non-hydrogen) atoms. The lowest BCUT2D eigenvalue weighted by atomic mass is 10.1. The Morgan fingerprint density at radius 2 is 2.16 bits per heavy atom. The second-order valence-electron chi connectivity index (χ2n) is 6.70. The van der Waals surface area contributed by atoms with E-state index < -0.39 is 0 Å². The summed E-state index contributed by atoms with van der Waals surface area (Å²) in [4.78, 5) is 14.8. The predicted octanol–water partition coefficient (Wildman–Crippen LogP) is 4.49. The minimum atomic E-state index is -0.162. The highest BCUT2D eigenvalue weighted by Gasteiger charge is 2.25. The Morgan fingerprint density at radius 1 is 1.36 bits per heavy atom. The molecule has 0 fully saturated rings. The van der Waals surface area contributed by atoms with Crippen molar-refractivity contribution in [1.82, 2.24) is 5.16 Å². The first kappa shape index (κ1) is 17.3. The number of carbonyl (C=O) groups excluding carboxylic acids is 1. The van der Waals surface area contributed by atoms with Crippen LogP contribution in [-0.4, -0.2) is 24.8 Å². The number of rotatable bonds is 3. The molecule has 2 amide bonds. The van der Waals surface area contributed by atoms with Gasteiger partial charge in [0.15, 0.2) is 5.76 Å². The number of nitrogens with zero attached hydrogens (tertiary/aromatic N) is 2. The predicted molar refractivity (Wildman–Crippen MR) is 97.6 cm³/mol. The van der Waals surface area contributed by atoms with Gasteiger partial charge in [0.05, 0.1) is 12.8 Å². The van der Waals surface area contributed by atoms with Gasteiger partial charge >= 0.3 is 6.03 Å². The lowest BCUT2D eigenvalue weighted by Gasteiger charge is -2.24. The first-order valence-corrected chi connectivity index (χ1v) is 8.73. The van der Waals surface area contributed by atoms with E-state index in [4.69, 9.17) is 9.26 Å². The van der Waals surface area contributed by atoms with Crippen molar-refractivity contribution >= 4 is 17.4 Å². The number of aromatic nitrogens is 1. The summed E-state index contributed by atoms with van der Waals surface area (Å²) in [6.45, 7) is 6.54. The van der Waals surface area contributed by atoms with E-state index in [-0.39, 0.29) is 11.9 Å². The van der Waals surface area contributed by atoms with Crippen LogP contribution in [0.1, 0.15) is 49.6 Å². The average molecular weight is 343 g/mol. The zero-order chi connectivity index (χ0) is 18.0. The molecule has 6 nitrogen and oxygen atoms in total. The van der Waals surface area contributed by atoms with Crippen molar-refractivity contribution in [1.29, 1.82) is 0 Å². The molecule has 0 atom stereocenters. The molecule has 0 unspecified atom stereocenters. The summed E-state index contributed by atoms with van der Waals surface area (Å²) in [6.07, 6.45) is 2.99. The Balaban J connectivity index is 1.92. The first-order valence-electron chi connectivity index (χ1n) is 8.73. The van der Waals surface area contributed by atoms with Gasteiger partial charge in [0.25, 0.3) is 0 Å². The van der Waals surface area contributed by atoms with E-state index >= 15 is 0 Å². The highest BCUT2D eigenvalue weighted by Crippen LogP contribution is 2.32. The van der Waals surface area contributed by atoms with Crippen LogP contribution in [0, 0.1) is 6.92 Å². The number of nitrogens with one attached hydrogen (secondary N) is 1. The number of hydrogen-bond donors (Lipinski definition) is 1. The number of benzene rings is 1. The van der Waals surface area contributed by atoms with E-state index in [1.165, 1.54) is 5.56 Å². The molecule has 6 heteroatoms. The molecule has 0 saturated carbocycles. The maximum atomic E-state index is 13.0. The lowest BCUT2D eigenvalue weighted by Crippen LogP contribution is -2.36. The van der Waals surface area contributed by atoms with E-state index in [9.17, 15) is 4.79 Å². The van der Waals surface area contributed by atoms with Crippen LogP contribution in [0.4, 0.5) is 16.2 Å². The molecule has 0 radical (unpaired) electrons. The van der Waals surface area contributed by atoms with Crippen molar-refractivity contribution in [2.45, 2.75) is 46.0 Å². The molecule has 0 saturated heterocycles. The van der Waals surface area contributed by atoms with Gasteiger partial charge in [-0.2, -0.15) is 0 Å². The van der Waals surface area contributed by atoms with Crippen LogP contribution in [0.5, 0.6) is 5.75 Å². The van der Waals surface area contributed by atoms with E-state index in [0.717, 1.165) is 30.7 Å². The number of urea groups is 1. The summed E-state index contributed by atoms with van der Waals surface area (Å²) < 4.78 is 10.7. The fraction of sp³-hybridized carbons (Fsp3) is 0.474. The summed E-state index contributed by atoms with van der Waals surface area (Å²) in [5.41, 5.74) is 3.44. The number of hydrogen-bond acceptors (Lipinski definition) is 4. The van der Waals surface area contributed by atoms with Crippen LogP contribution in [0.3, 0.4) is 0 Å². The van der Waals surface area contributed by atoms with Gasteiger partial charge in [0.2, 0.25) is 0 Å². The summed E-state index contributed by atoms with van der Waals surface area (Å²) >= 11 is 0. The summed E-state index contributed by atoms with van der Waals surface area (Å²) in [7, 11) is 1.64. The van der Waals surface area contributed by atoms with Crippen molar-refractivity contribution in [3.8, 4) is 5.75 Å².